The van der Waals surface area contributed by atoms with Crippen LogP contribution in [0.2, 0.25) is 0 Å². The molecule has 1 heterocycles. The second kappa shape index (κ2) is 10.2. The number of nitrogens with zero attached hydrogens (tertiary/aromatic N) is 1. The van der Waals surface area contributed by atoms with Crippen molar-refractivity contribution >= 4 is 37.5 Å². The Morgan fingerprint density at radius 3 is 2.45 bits per heavy atom. The first-order chi connectivity index (χ1) is 15.6. The highest BCUT2D eigenvalue weighted by Crippen LogP contribution is 2.24. The molecule has 1 aliphatic heterocycles. The van der Waals surface area contributed by atoms with E-state index >= 15 is 0 Å². The highest BCUT2D eigenvalue weighted by molar-refractivity contribution is 7.92. The van der Waals surface area contributed by atoms with Gasteiger partial charge in [-0.25, -0.2) is 21.6 Å². The van der Waals surface area contributed by atoms with Gasteiger partial charge in [-0.2, -0.15) is 0 Å². The van der Waals surface area contributed by atoms with Gasteiger partial charge in [0, 0.05) is 13.0 Å². The maximum atomic E-state index is 12.8. The second-order valence-electron chi connectivity index (χ2n) is 7.49. The van der Waals surface area contributed by atoms with Gasteiger partial charge in [0.2, 0.25) is 0 Å². The normalized spacial score (nSPS) is 14.6. The van der Waals surface area contributed by atoms with Gasteiger partial charge < -0.3 is 9.84 Å². The van der Waals surface area contributed by atoms with E-state index in [0.717, 1.165) is 19.3 Å². The Hall–Kier alpha value is -3.12. The Labute approximate surface area is 192 Å². The monoisotopic (exact) mass is 495 g/mol. The van der Waals surface area contributed by atoms with Crippen LogP contribution in [0.4, 0.5) is 5.69 Å². The molecule has 0 bridgehead atoms. The van der Waals surface area contributed by atoms with Crippen LogP contribution in [0.1, 0.15) is 31.2 Å². The minimum Gasteiger partial charge on any atom is -0.482 e. The fraction of sp³-hybridized carbons (Fsp3) is 0.333. The van der Waals surface area contributed by atoms with Gasteiger partial charge in [-0.1, -0.05) is 12.5 Å². The lowest BCUT2D eigenvalue weighted by molar-refractivity contribution is -0.139. The number of carboxylic acids is 1. The number of amidine groups is 1. The fourth-order valence-electron chi connectivity index (χ4n) is 3.20. The van der Waals surface area contributed by atoms with Crippen molar-refractivity contribution in [3.8, 4) is 5.75 Å². The molecule has 2 aromatic carbocycles. The standard InChI is InChI=1S/C21H25N3O7S2/c1-15-12-18(9-10-19(15)31-14-21(25)26)32(27,28)23-16-6-5-7-17(13-16)33(29,30)24-20-8-3-2-4-11-22-20/h5-7,9-10,12-13,23H,2-4,8,11,14H2,1H3,(H,22,24)(H,25,26). The number of hydrogen-bond acceptors (Lipinski definition) is 7. The molecule has 1 aliphatic rings. The van der Waals surface area contributed by atoms with Crippen molar-refractivity contribution in [2.75, 3.05) is 17.9 Å². The van der Waals surface area contributed by atoms with Gasteiger partial charge in [0.05, 0.1) is 15.5 Å². The van der Waals surface area contributed by atoms with Gasteiger partial charge in [0.1, 0.15) is 11.6 Å². The summed E-state index contributed by atoms with van der Waals surface area (Å²) < 4.78 is 61.1. The van der Waals surface area contributed by atoms with Crippen molar-refractivity contribution < 1.29 is 31.5 Å². The summed E-state index contributed by atoms with van der Waals surface area (Å²) in [5, 5.41) is 8.71. The molecule has 0 radical (unpaired) electrons. The Kier molecular flexibility index (Phi) is 7.59. The Morgan fingerprint density at radius 1 is 1.00 bits per heavy atom. The molecule has 3 N–H and O–H groups in total. The van der Waals surface area contributed by atoms with Crippen molar-refractivity contribution in [2.45, 2.75) is 42.4 Å². The molecule has 0 amide bonds. The number of nitrogens with one attached hydrogen (secondary N) is 2. The molecule has 0 aromatic heterocycles. The van der Waals surface area contributed by atoms with E-state index in [9.17, 15) is 21.6 Å². The van der Waals surface area contributed by atoms with Gasteiger partial charge >= 0.3 is 5.97 Å². The molecule has 3 rings (SSSR count). The van der Waals surface area contributed by atoms with E-state index in [4.69, 9.17) is 9.84 Å². The predicted molar refractivity (Wildman–Crippen MR) is 123 cm³/mol. The minimum absolute atomic E-state index is 0.0736. The molecule has 10 nitrogen and oxygen atoms in total. The molecule has 33 heavy (non-hydrogen) atoms. The van der Waals surface area contributed by atoms with Crippen molar-refractivity contribution in [2.24, 2.45) is 4.99 Å². The Bertz CT molecular complexity index is 1270. The maximum absolute atomic E-state index is 12.8. The molecular weight excluding hydrogens is 470 g/mol. The van der Waals surface area contributed by atoms with Crippen LogP contribution < -0.4 is 14.2 Å². The quantitative estimate of drug-likeness (QED) is 0.509. The summed E-state index contributed by atoms with van der Waals surface area (Å²) in [6.45, 7) is 1.61. The van der Waals surface area contributed by atoms with E-state index < -0.39 is 32.6 Å². The number of rotatable bonds is 8. The first kappa shape index (κ1) is 24.5. The number of carboxylic acid groups (broad SMARTS) is 1. The van der Waals surface area contributed by atoms with Gasteiger partial charge in [-0.3, -0.25) is 14.4 Å². The molecule has 0 atom stereocenters. The van der Waals surface area contributed by atoms with Crippen LogP contribution in [0.3, 0.4) is 0 Å². The summed E-state index contributed by atoms with van der Waals surface area (Å²) in [6.07, 6.45) is 3.28. The van der Waals surface area contributed by atoms with Crippen LogP contribution in [-0.4, -0.2) is 46.9 Å². The number of aliphatic imine (C=N–C) groups is 1. The predicted octanol–water partition coefficient (Wildman–Crippen LogP) is 2.51. The third kappa shape index (κ3) is 6.68. The third-order valence-electron chi connectivity index (χ3n) is 4.83. The largest absolute Gasteiger partial charge is 0.482 e. The minimum atomic E-state index is -4.04. The topological polar surface area (TPSA) is 151 Å². The van der Waals surface area contributed by atoms with E-state index in [1.54, 1.807) is 6.92 Å². The van der Waals surface area contributed by atoms with E-state index in [2.05, 4.69) is 14.4 Å². The van der Waals surface area contributed by atoms with E-state index in [1.807, 2.05) is 0 Å². The summed E-state index contributed by atoms with van der Waals surface area (Å²) in [6, 6.07) is 9.46. The molecule has 0 saturated heterocycles. The third-order valence-corrected chi connectivity index (χ3v) is 7.59. The van der Waals surface area contributed by atoms with Crippen molar-refractivity contribution in [3.63, 3.8) is 0 Å². The number of aliphatic carboxylic acids is 1. The summed E-state index contributed by atoms with van der Waals surface area (Å²) in [4.78, 5) is 14.7. The molecule has 0 fully saturated rings. The first-order valence-corrected chi connectivity index (χ1v) is 13.2. The van der Waals surface area contributed by atoms with Crippen LogP contribution in [0, 0.1) is 6.92 Å². The highest BCUT2D eigenvalue weighted by Gasteiger charge is 2.20. The molecule has 0 unspecified atom stereocenters. The average Bonchev–Trinajstić information content (AvgIpc) is 3.00. The van der Waals surface area contributed by atoms with Crippen molar-refractivity contribution in [1.82, 2.24) is 4.72 Å². The average molecular weight is 496 g/mol. The van der Waals surface area contributed by atoms with E-state index in [-0.39, 0.29) is 21.2 Å². The zero-order valence-corrected chi connectivity index (χ0v) is 19.6. The summed E-state index contributed by atoms with van der Waals surface area (Å²) >= 11 is 0. The lowest BCUT2D eigenvalue weighted by atomic mass is 10.2. The van der Waals surface area contributed by atoms with Crippen LogP contribution >= 0.6 is 0 Å². The van der Waals surface area contributed by atoms with E-state index in [1.165, 1.54) is 42.5 Å². The molecule has 0 spiro atoms. The molecule has 178 valence electrons. The van der Waals surface area contributed by atoms with Crippen molar-refractivity contribution in [1.29, 1.82) is 0 Å². The molecule has 0 aliphatic carbocycles. The summed E-state index contributed by atoms with van der Waals surface area (Å²) in [5.41, 5.74) is 0.508. The number of hydrogen-bond donors (Lipinski definition) is 3. The molecular formula is C21H25N3O7S2. The van der Waals surface area contributed by atoms with Crippen LogP contribution in [-0.2, 0) is 24.8 Å². The van der Waals surface area contributed by atoms with Crippen molar-refractivity contribution in [3.05, 3.63) is 48.0 Å². The Morgan fingerprint density at radius 2 is 1.73 bits per heavy atom. The number of sulfonamides is 2. The van der Waals surface area contributed by atoms with Gasteiger partial charge in [-0.15, -0.1) is 0 Å². The first-order valence-electron chi connectivity index (χ1n) is 10.2. The smallest absolute Gasteiger partial charge is 0.341 e. The number of anilines is 1. The molecule has 2 aromatic rings. The molecule has 0 saturated carbocycles. The number of benzene rings is 2. The second-order valence-corrected chi connectivity index (χ2v) is 10.9. The zero-order chi connectivity index (χ0) is 24.1. The Balaban J connectivity index is 1.78. The summed E-state index contributed by atoms with van der Waals surface area (Å²) in [7, 11) is -7.96. The fourth-order valence-corrected chi connectivity index (χ4v) is 5.47. The van der Waals surface area contributed by atoms with Crippen LogP contribution in [0.15, 0.2) is 57.2 Å². The zero-order valence-electron chi connectivity index (χ0n) is 17.9. The number of aryl methyl sites for hydroxylation is 1. The lowest BCUT2D eigenvalue weighted by Gasteiger charge is -2.13. The van der Waals surface area contributed by atoms with Gasteiger partial charge in [0.15, 0.2) is 6.61 Å². The number of ether oxygens (including phenoxy) is 1. The highest BCUT2D eigenvalue weighted by atomic mass is 32.2. The SMILES string of the molecule is Cc1cc(S(=O)(=O)Nc2cccc(S(=O)(=O)NC3=NCCCCC3)c2)ccc1OCC(=O)O. The molecule has 12 heteroatoms. The van der Waals surface area contributed by atoms with E-state index in [0.29, 0.717) is 24.4 Å². The lowest BCUT2D eigenvalue weighted by Crippen LogP contribution is -2.30. The van der Waals surface area contributed by atoms with Crippen LogP contribution in [0.25, 0.3) is 0 Å². The maximum Gasteiger partial charge on any atom is 0.341 e. The van der Waals surface area contributed by atoms with Gasteiger partial charge in [-0.05, 0) is 61.7 Å². The van der Waals surface area contributed by atoms with Crippen LogP contribution in [0.5, 0.6) is 5.75 Å². The van der Waals surface area contributed by atoms with Gasteiger partial charge in [0.25, 0.3) is 20.0 Å². The number of carbonyl (C=O) groups is 1. The summed E-state index contributed by atoms with van der Waals surface area (Å²) in [5.74, 6) is -0.501.